The minimum atomic E-state index is -4.34. The van der Waals surface area contributed by atoms with Crippen LogP contribution in [0.5, 0.6) is 5.75 Å². The quantitative estimate of drug-likeness (QED) is 0.877. The standard InChI is InChI=1S/C13H18F3NO2S/c1-9(7-10(2)20(17)18)11-3-5-12(6-4-11)19-8-13(14,15)16/h3-6,9-10H,7-8,17H2,1-2H3/t9-,10?,20?/m0/s1. The molecule has 0 saturated heterocycles. The monoisotopic (exact) mass is 309 g/mol. The SMILES string of the molecule is CC(C[C@H](C)c1ccc(OCC(F)(F)F)cc1)S(N)=O. The highest BCUT2D eigenvalue weighted by Gasteiger charge is 2.28. The van der Waals surface area contributed by atoms with Gasteiger partial charge < -0.3 is 4.74 Å². The van der Waals surface area contributed by atoms with Gasteiger partial charge in [-0.3, -0.25) is 5.14 Å². The number of nitrogens with two attached hydrogens (primary N) is 1. The van der Waals surface area contributed by atoms with Crippen LogP contribution in [0.1, 0.15) is 31.7 Å². The van der Waals surface area contributed by atoms with Crippen LogP contribution in [0.25, 0.3) is 0 Å². The van der Waals surface area contributed by atoms with Gasteiger partial charge in [0, 0.05) is 5.25 Å². The predicted molar refractivity (Wildman–Crippen MR) is 72.8 cm³/mol. The summed E-state index contributed by atoms with van der Waals surface area (Å²) in [5, 5.41) is 5.18. The fourth-order valence-corrected chi connectivity index (χ4v) is 2.26. The van der Waals surface area contributed by atoms with E-state index in [-0.39, 0.29) is 16.9 Å². The molecule has 2 unspecified atom stereocenters. The molecule has 3 atom stereocenters. The third-order valence-electron chi connectivity index (χ3n) is 2.93. The van der Waals surface area contributed by atoms with Crippen LogP contribution in [0, 0.1) is 0 Å². The van der Waals surface area contributed by atoms with Gasteiger partial charge in [0.15, 0.2) is 6.61 Å². The summed E-state index contributed by atoms with van der Waals surface area (Å²) in [5.74, 6) is 0.294. The maximum atomic E-state index is 12.0. The molecule has 0 fully saturated rings. The van der Waals surface area contributed by atoms with Crippen molar-refractivity contribution >= 4 is 11.0 Å². The van der Waals surface area contributed by atoms with Crippen molar-refractivity contribution in [2.45, 2.75) is 37.6 Å². The summed E-state index contributed by atoms with van der Waals surface area (Å²) >= 11 is 0. The molecule has 1 rings (SSSR count). The molecular formula is C13H18F3NO2S. The molecular weight excluding hydrogens is 291 g/mol. The summed E-state index contributed by atoms with van der Waals surface area (Å²) in [4.78, 5) is 0. The number of ether oxygens (including phenoxy) is 1. The Morgan fingerprint density at radius 3 is 2.25 bits per heavy atom. The van der Waals surface area contributed by atoms with Gasteiger partial charge in [-0.2, -0.15) is 13.2 Å². The minimum Gasteiger partial charge on any atom is -0.484 e. The van der Waals surface area contributed by atoms with Gasteiger partial charge in [0.25, 0.3) is 0 Å². The van der Waals surface area contributed by atoms with Crippen molar-refractivity contribution in [2.75, 3.05) is 6.61 Å². The topological polar surface area (TPSA) is 52.3 Å². The molecule has 20 heavy (non-hydrogen) atoms. The van der Waals surface area contributed by atoms with Crippen molar-refractivity contribution in [3.63, 3.8) is 0 Å². The third-order valence-corrected chi connectivity index (χ3v) is 3.92. The van der Waals surface area contributed by atoms with E-state index < -0.39 is 23.8 Å². The molecule has 0 heterocycles. The van der Waals surface area contributed by atoms with E-state index in [4.69, 9.17) is 5.14 Å². The van der Waals surface area contributed by atoms with Crippen molar-refractivity contribution in [3.8, 4) is 5.75 Å². The Bertz CT molecular complexity index is 448. The lowest BCUT2D eigenvalue weighted by atomic mass is 9.96. The molecule has 0 saturated carbocycles. The molecule has 0 aliphatic carbocycles. The Hall–Kier alpha value is -1.08. The van der Waals surface area contributed by atoms with Crippen LogP contribution < -0.4 is 9.88 Å². The first-order chi connectivity index (χ1) is 9.19. The molecule has 1 aromatic carbocycles. The number of alkyl halides is 3. The lowest BCUT2D eigenvalue weighted by Crippen LogP contribution is -2.20. The maximum Gasteiger partial charge on any atom is 0.422 e. The molecule has 0 spiro atoms. The van der Waals surface area contributed by atoms with Gasteiger partial charge in [-0.15, -0.1) is 0 Å². The van der Waals surface area contributed by atoms with E-state index >= 15 is 0 Å². The zero-order valence-electron chi connectivity index (χ0n) is 11.3. The smallest absolute Gasteiger partial charge is 0.422 e. The van der Waals surface area contributed by atoms with Crippen LogP contribution >= 0.6 is 0 Å². The van der Waals surface area contributed by atoms with E-state index in [1.807, 2.05) is 6.92 Å². The number of rotatable bonds is 6. The Morgan fingerprint density at radius 1 is 1.25 bits per heavy atom. The molecule has 7 heteroatoms. The van der Waals surface area contributed by atoms with Gasteiger partial charge in [-0.05, 0) is 37.0 Å². The highest BCUT2D eigenvalue weighted by atomic mass is 32.2. The first-order valence-corrected chi connectivity index (χ1v) is 7.41. The van der Waals surface area contributed by atoms with Crippen LogP contribution in [0.4, 0.5) is 13.2 Å². The second-order valence-electron chi connectivity index (χ2n) is 4.75. The Labute approximate surface area is 118 Å². The molecule has 0 aliphatic heterocycles. The molecule has 1 aromatic rings. The van der Waals surface area contributed by atoms with Crippen molar-refractivity contribution < 1.29 is 22.1 Å². The second-order valence-corrected chi connectivity index (χ2v) is 6.21. The van der Waals surface area contributed by atoms with Crippen LogP contribution in [0.2, 0.25) is 0 Å². The van der Waals surface area contributed by atoms with E-state index in [0.29, 0.717) is 6.42 Å². The molecule has 0 aliphatic rings. The Balaban J connectivity index is 2.59. The average molecular weight is 309 g/mol. The van der Waals surface area contributed by atoms with Crippen molar-refractivity contribution in [1.29, 1.82) is 0 Å². The van der Waals surface area contributed by atoms with Gasteiger partial charge in [0.05, 0.1) is 11.0 Å². The van der Waals surface area contributed by atoms with Crippen LogP contribution in [0.3, 0.4) is 0 Å². The predicted octanol–water partition coefficient (Wildman–Crippen LogP) is 3.13. The molecule has 0 amide bonds. The molecule has 0 radical (unpaired) electrons. The lowest BCUT2D eigenvalue weighted by molar-refractivity contribution is -0.153. The molecule has 2 N–H and O–H groups in total. The lowest BCUT2D eigenvalue weighted by Gasteiger charge is -2.16. The van der Waals surface area contributed by atoms with E-state index in [0.717, 1.165) is 5.56 Å². The fourth-order valence-electron chi connectivity index (χ4n) is 1.79. The maximum absolute atomic E-state index is 12.0. The van der Waals surface area contributed by atoms with E-state index in [2.05, 4.69) is 4.74 Å². The number of benzene rings is 1. The number of halogens is 3. The average Bonchev–Trinajstić information content (AvgIpc) is 2.35. The van der Waals surface area contributed by atoms with Gasteiger partial charge in [0.1, 0.15) is 5.75 Å². The van der Waals surface area contributed by atoms with E-state index in [1.54, 1.807) is 19.1 Å². The zero-order chi connectivity index (χ0) is 15.3. The van der Waals surface area contributed by atoms with Gasteiger partial charge in [-0.25, -0.2) is 4.21 Å². The summed E-state index contributed by atoms with van der Waals surface area (Å²) < 4.78 is 51.7. The van der Waals surface area contributed by atoms with Crippen molar-refractivity contribution in [2.24, 2.45) is 5.14 Å². The summed E-state index contributed by atoms with van der Waals surface area (Å²) in [6, 6.07) is 6.42. The van der Waals surface area contributed by atoms with Crippen molar-refractivity contribution in [1.82, 2.24) is 0 Å². The van der Waals surface area contributed by atoms with Crippen molar-refractivity contribution in [3.05, 3.63) is 29.8 Å². The summed E-state index contributed by atoms with van der Waals surface area (Å²) in [7, 11) is -1.37. The molecule has 0 aromatic heterocycles. The minimum absolute atomic E-state index is 0.120. The fraction of sp³-hybridized carbons (Fsp3) is 0.538. The van der Waals surface area contributed by atoms with Gasteiger partial charge in [0.2, 0.25) is 0 Å². The van der Waals surface area contributed by atoms with Crippen LogP contribution in [0.15, 0.2) is 24.3 Å². The van der Waals surface area contributed by atoms with Gasteiger partial charge in [-0.1, -0.05) is 19.1 Å². The first kappa shape index (κ1) is 17.0. The summed E-state index contributed by atoms with van der Waals surface area (Å²) in [6.45, 7) is 2.45. The van der Waals surface area contributed by atoms with Crippen LogP contribution in [-0.4, -0.2) is 22.2 Å². The number of hydrogen-bond acceptors (Lipinski definition) is 2. The Kier molecular flexibility index (Phi) is 6.01. The molecule has 3 nitrogen and oxygen atoms in total. The normalized spacial score (nSPS) is 16.5. The zero-order valence-corrected chi connectivity index (χ0v) is 12.1. The largest absolute Gasteiger partial charge is 0.484 e. The van der Waals surface area contributed by atoms with Crippen LogP contribution in [-0.2, 0) is 11.0 Å². The first-order valence-electron chi connectivity index (χ1n) is 6.13. The number of hydrogen-bond donors (Lipinski definition) is 1. The van der Waals surface area contributed by atoms with E-state index in [9.17, 15) is 17.4 Å². The summed E-state index contributed by atoms with van der Waals surface area (Å²) in [6.07, 6.45) is -3.70. The molecule has 0 bridgehead atoms. The molecule has 114 valence electrons. The van der Waals surface area contributed by atoms with E-state index in [1.165, 1.54) is 12.1 Å². The summed E-state index contributed by atoms with van der Waals surface area (Å²) in [5.41, 5.74) is 0.946. The second kappa shape index (κ2) is 7.08. The highest BCUT2D eigenvalue weighted by Crippen LogP contribution is 2.25. The highest BCUT2D eigenvalue weighted by molar-refractivity contribution is 7.83. The Morgan fingerprint density at radius 2 is 1.80 bits per heavy atom. The van der Waals surface area contributed by atoms with Gasteiger partial charge >= 0.3 is 6.18 Å². The third kappa shape index (κ3) is 5.92.